The summed E-state index contributed by atoms with van der Waals surface area (Å²) in [6.07, 6.45) is 1.65. The molecule has 1 heterocycles. The number of carbonyl (C=O) groups is 3. The van der Waals surface area contributed by atoms with E-state index in [-0.39, 0.29) is 36.8 Å². The number of nitrogens with one attached hydrogen (secondary N) is 1. The molecule has 4 rings (SSSR count). The number of hydrogen-bond donors (Lipinski definition) is 1. The molecule has 0 radical (unpaired) electrons. The normalized spacial score (nSPS) is 14.3. The van der Waals surface area contributed by atoms with Crippen molar-refractivity contribution >= 4 is 40.6 Å². The number of carbonyl (C=O) groups excluding carboxylic acids is 3. The SMILES string of the molecule is Cc1ccc(C(C)C)c(OCCN2C(=O)S/C(=C\c3cccc(OCC(=O)Nc4ccccc4)c3)C2=O)c1. The van der Waals surface area contributed by atoms with E-state index in [1.54, 1.807) is 42.5 Å². The Morgan fingerprint density at radius 3 is 2.55 bits per heavy atom. The van der Waals surface area contributed by atoms with Crippen molar-refractivity contribution in [1.29, 1.82) is 0 Å². The van der Waals surface area contributed by atoms with E-state index < -0.39 is 0 Å². The molecule has 7 nitrogen and oxygen atoms in total. The first-order valence-corrected chi connectivity index (χ1v) is 13.2. The number of imide groups is 1. The number of ether oxygens (including phenoxy) is 2. The number of thioether (sulfide) groups is 1. The highest BCUT2D eigenvalue weighted by Crippen LogP contribution is 2.33. The Hall–Kier alpha value is -4.04. The second-order valence-electron chi connectivity index (χ2n) is 9.15. The molecule has 3 amide bonds. The lowest BCUT2D eigenvalue weighted by atomic mass is 10.0. The van der Waals surface area contributed by atoms with Gasteiger partial charge in [-0.3, -0.25) is 19.3 Å². The number of benzene rings is 3. The number of hydrogen-bond acceptors (Lipinski definition) is 6. The molecule has 196 valence electrons. The van der Waals surface area contributed by atoms with Crippen molar-refractivity contribution in [2.24, 2.45) is 0 Å². The van der Waals surface area contributed by atoms with E-state index in [4.69, 9.17) is 9.47 Å². The van der Waals surface area contributed by atoms with Crippen LogP contribution in [0.4, 0.5) is 10.5 Å². The molecule has 0 spiro atoms. The summed E-state index contributed by atoms with van der Waals surface area (Å²) in [5.41, 5.74) is 3.55. The van der Waals surface area contributed by atoms with Crippen molar-refractivity contribution < 1.29 is 23.9 Å². The van der Waals surface area contributed by atoms with Crippen molar-refractivity contribution in [3.05, 3.63) is 94.4 Å². The Morgan fingerprint density at radius 2 is 1.79 bits per heavy atom. The molecule has 0 bridgehead atoms. The Labute approximate surface area is 226 Å². The summed E-state index contributed by atoms with van der Waals surface area (Å²) in [7, 11) is 0. The zero-order valence-electron chi connectivity index (χ0n) is 21.6. The third kappa shape index (κ3) is 7.04. The molecular formula is C30H30N2O5S. The maximum atomic E-state index is 12.9. The minimum absolute atomic E-state index is 0.158. The van der Waals surface area contributed by atoms with Crippen LogP contribution in [-0.2, 0) is 9.59 Å². The van der Waals surface area contributed by atoms with Crippen LogP contribution in [0, 0.1) is 6.92 Å². The number of aryl methyl sites for hydroxylation is 1. The molecule has 1 fully saturated rings. The van der Waals surface area contributed by atoms with Crippen LogP contribution < -0.4 is 14.8 Å². The average molecular weight is 531 g/mol. The summed E-state index contributed by atoms with van der Waals surface area (Å²) in [5.74, 6) is 0.913. The van der Waals surface area contributed by atoms with Gasteiger partial charge in [0.25, 0.3) is 17.1 Å². The lowest BCUT2D eigenvalue weighted by Crippen LogP contribution is -2.32. The molecule has 0 unspecified atom stereocenters. The highest BCUT2D eigenvalue weighted by atomic mass is 32.2. The van der Waals surface area contributed by atoms with E-state index in [9.17, 15) is 14.4 Å². The topological polar surface area (TPSA) is 84.9 Å². The van der Waals surface area contributed by atoms with Crippen LogP contribution >= 0.6 is 11.8 Å². The van der Waals surface area contributed by atoms with Crippen LogP contribution in [0.15, 0.2) is 77.7 Å². The third-order valence-corrected chi connectivity index (χ3v) is 6.73. The Kier molecular flexibility index (Phi) is 8.86. The fraction of sp³-hybridized carbons (Fsp3) is 0.233. The van der Waals surface area contributed by atoms with Crippen LogP contribution in [0.5, 0.6) is 11.5 Å². The Morgan fingerprint density at radius 1 is 1.00 bits per heavy atom. The van der Waals surface area contributed by atoms with Gasteiger partial charge < -0.3 is 14.8 Å². The molecule has 1 aliphatic rings. The van der Waals surface area contributed by atoms with Gasteiger partial charge in [-0.1, -0.05) is 56.3 Å². The minimum atomic E-state index is -0.356. The first-order valence-electron chi connectivity index (χ1n) is 12.4. The zero-order valence-corrected chi connectivity index (χ0v) is 22.4. The van der Waals surface area contributed by atoms with Crippen molar-refractivity contribution in [2.75, 3.05) is 25.1 Å². The molecule has 8 heteroatoms. The van der Waals surface area contributed by atoms with E-state index in [0.29, 0.717) is 27.8 Å². The molecule has 0 saturated carbocycles. The standard InChI is InChI=1S/C30H30N2O5S/c1-20(2)25-13-12-21(3)16-26(25)36-15-14-32-29(34)27(38-30(32)35)18-22-8-7-11-24(17-22)37-19-28(33)31-23-9-5-4-6-10-23/h4-13,16-18,20H,14-15,19H2,1-3H3,(H,31,33)/b27-18-. The van der Waals surface area contributed by atoms with Crippen LogP contribution in [0.3, 0.4) is 0 Å². The zero-order chi connectivity index (χ0) is 27.1. The van der Waals surface area contributed by atoms with Crippen molar-refractivity contribution in [2.45, 2.75) is 26.7 Å². The van der Waals surface area contributed by atoms with E-state index in [2.05, 4.69) is 19.2 Å². The first kappa shape index (κ1) is 27.0. The van der Waals surface area contributed by atoms with Crippen LogP contribution in [0.1, 0.15) is 36.5 Å². The molecular weight excluding hydrogens is 500 g/mol. The van der Waals surface area contributed by atoms with Gasteiger partial charge in [-0.15, -0.1) is 0 Å². The predicted molar refractivity (Wildman–Crippen MR) is 150 cm³/mol. The number of para-hydroxylation sites is 1. The maximum absolute atomic E-state index is 12.9. The maximum Gasteiger partial charge on any atom is 0.293 e. The summed E-state index contributed by atoms with van der Waals surface area (Å²) in [6, 6.07) is 22.2. The lowest BCUT2D eigenvalue weighted by molar-refractivity contribution is -0.123. The van der Waals surface area contributed by atoms with Gasteiger partial charge in [-0.2, -0.15) is 0 Å². The van der Waals surface area contributed by atoms with Gasteiger partial charge in [0.2, 0.25) is 0 Å². The molecule has 0 aromatic heterocycles. The van der Waals surface area contributed by atoms with Crippen LogP contribution in [0.25, 0.3) is 6.08 Å². The molecule has 1 aliphatic heterocycles. The van der Waals surface area contributed by atoms with Crippen LogP contribution in [-0.4, -0.2) is 41.7 Å². The highest BCUT2D eigenvalue weighted by Gasteiger charge is 2.34. The van der Waals surface area contributed by atoms with Crippen molar-refractivity contribution in [1.82, 2.24) is 4.90 Å². The fourth-order valence-corrected chi connectivity index (χ4v) is 4.76. The predicted octanol–water partition coefficient (Wildman–Crippen LogP) is 6.25. The summed E-state index contributed by atoms with van der Waals surface area (Å²) in [6.45, 7) is 6.40. The Balaban J connectivity index is 1.34. The Bertz CT molecular complexity index is 1350. The van der Waals surface area contributed by atoms with Gasteiger partial charge in [0.05, 0.1) is 11.4 Å². The number of rotatable bonds is 10. The minimum Gasteiger partial charge on any atom is -0.491 e. The summed E-state index contributed by atoms with van der Waals surface area (Å²) >= 11 is 0.897. The molecule has 38 heavy (non-hydrogen) atoms. The molecule has 1 saturated heterocycles. The van der Waals surface area contributed by atoms with E-state index in [0.717, 1.165) is 28.6 Å². The number of amides is 3. The largest absolute Gasteiger partial charge is 0.491 e. The van der Waals surface area contributed by atoms with Gasteiger partial charge in [0, 0.05) is 5.69 Å². The van der Waals surface area contributed by atoms with E-state index in [1.807, 2.05) is 43.3 Å². The van der Waals surface area contributed by atoms with Gasteiger partial charge in [0.15, 0.2) is 6.61 Å². The average Bonchev–Trinajstić information content (AvgIpc) is 3.15. The smallest absolute Gasteiger partial charge is 0.293 e. The lowest BCUT2D eigenvalue weighted by Gasteiger charge is -2.17. The monoisotopic (exact) mass is 530 g/mol. The molecule has 0 atom stereocenters. The third-order valence-electron chi connectivity index (χ3n) is 5.82. The van der Waals surface area contributed by atoms with Gasteiger partial charge in [-0.05, 0) is 77.7 Å². The van der Waals surface area contributed by atoms with Crippen LogP contribution in [0.2, 0.25) is 0 Å². The van der Waals surface area contributed by atoms with Crippen molar-refractivity contribution in [3.63, 3.8) is 0 Å². The van der Waals surface area contributed by atoms with E-state index in [1.165, 1.54) is 4.90 Å². The van der Waals surface area contributed by atoms with Gasteiger partial charge >= 0.3 is 0 Å². The van der Waals surface area contributed by atoms with E-state index >= 15 is 0 Å². The summed E-state index contributed by atoms with van der Waals surface area (Å²) in [4.78, 5) is 39.2. The highest BCUT2D eigenvalue weighted by molar-refractivity contribution is 8.18. The second-order valence-corrected chi connectivity index (χ2v) is 10.1. The molecule has 3 aromatic carbocycles. The quantitative estimate of drug-likeness (QED) is 0.312. The fourth-order valence-electron chi connectivity index (χ4n) is 3.90. The molecule has 0 aliphatic carbocycles. The number of nitrogens with zero attached hydrogens (tertiary/aromatic N) is 1. The second kappa shape index (κ2) is 12.5. The first-order chi connectivity index (χ1) is 18.3. The molecule has 3 aromatic rings. The molecule has 1 N–H and O–H groups in total. The number of anilines is 1. The summed E-state index contributed by atoms with van der Waals surface area (Å²) < 4.78 is 11.6. The summed E-state index contributed by atoms with van der Waals surface area (Å²) in [5, 5.41) is 2.43. The van der Waals surface area contributed by atoms with Crippen molar-refractivity contribution in [3.8, 4) is 11.5 Å². The van der Waals surface area contributed by atoms with Gasteiger partial charge in [-0.25, -0.2) is 0 Å². The van der Waals surface area contributed by atoms with Gasteiger partial charge in [0.1, 0.15) is 18.1 Å².